The van der Waals surface area contributed by atoms with Crippen LogP contribution in [0.4, 0.5) is 0 Å². The van der Waals surface area contributed by atoms with Gasteiger partial charge in [-0.05, 0) is 23.6 Å². The fraction of sp³-hybridized carbons (Fsp3) is 0.364. The quantitative estimate of drug-likeness (QED) is 0.771. The van der Waals surface area contributed by atoms with Gasteiger partial charge in [-0.15, -0.1) is 0 Å². The lowest BCUT2D eigenvalue weighted by molar-refractivity contribution is 0.254. The average Bonchev–Trinajstić information content (AvgIpc) is 2.52. The lowest BCUT2D eigenvalue weighted by Gasteiger charge is -2.09. The number of aromatic nitrogens is 1. The van der Waals surface area contributed by atoms with Gasteiger partial charge in [-0.1, -0.05) is 6.07 Å². The Balaban J connectivity index is 2.13. The van der Waals surface area contributed by atoms with Crippen LogP contribution in [0.15, 0.2) is 36.0 Å². The molecule has 0 radical (unpaired) electrons. The summed E-state index contributed by atoms with van der Waals surface area (Å²) in [5, 5.41) is 9.70. The molecule has 2 heterocycles. The Kier molecular flexibility index (Phi) is 2.39. The van der Waals surface area contributed by atoms with Gasteiger partial charge in [-0.25, -0.2) is 0 Å². The van der Waals surface area contributed by atoms with Crippen molar-refractivity contribution < 1.29 is 5.11 Å². The molecule has 1 aromatic heterocycles. The molecule has 2 rings (SSSR count). The van der Waals surface area contributed by atoms with Crippen molar-refractivity contribution in [2.45, 2.75) is 12.8 Å². The predicted molar refractivity (Wildman–Crippen MR) is 54.8 cm³/mol. The van der Waals surface area contributed by atoms with Crippen LogP contribution in [0.1, 0.15) is 12.0 Å². The maximum Gasteiger partial charge on any atom is 0.186 e. The summed E-state index contributed by atoms with van der Waals surface area (Å²) in [6, 6.07) is 3.96. The second-order valence-corrected chi connectivity index (χ2v) is 3.64. The van der Waals surface area contributed by atoms with Gasteiger partial charge in [0, 0.05) is 32.4 Å². The highest BCUT2D eigenvalue weighted by Gasteiger charge is 2.18. The topological polar surface area (TPSA) is 36.4 Å². The van der Waals surface area contributed by atoms with Gasteiger partial charge in [0.25, 0.3) is 0 Å². The van der Waals surface area contributed by atoms with Crippen LogP contribution in [0.5, 0.6) is 0 Å². The van der Waals surface area contributed by atoms with E-state index in [0.717, 1.165) is 30.5 Å². The van der Waals surface area contributed by atoms with Crippen molar-refractivity contribution in [2.75, 3.05) is 13.6 Å². The average molecular weight is 190 g/mol. The van der Waals surface area contributed by atoms with Gasteiger partial charge in [-0.2, -0.15) is 0 Å². The summed E-state index contributed by atoms with van der Waals surface area (Å²) < 4.78 is 0. The standard InChI is InChI=1S/C11H14N2O/c1-13-6-4-10(11(13)14)7-9-3-2-5-12-8-9/h2-3,5,8,14H,4,6-7H2,1H3. The smallest absolute Gasteiger partial charge is 0.186 e. The molecule has 0 atom stereocenters. The summed E-state index contributed by atoms with van der Waals surface area (Å²) in [6.07, 6.45) is 5.37. The maximum absolute atomic E-state index is 9.70. The molecule has 0 saturated carbocycles. The van der Waals surface area contributed by atoms with Gasteiger partial charge in [0.15, 0.2) is 5.88 Å². The van der Waals surface area contributed by atoms with Gasteiger partial charge in [0.1, 0.15) is 0 Å². The number of nitrogens with zero attached hydrogens (tertiary/aromatic N) is 2. The number of hydrogen-bond acceptors (Lipinski definition) is 3. The Morgan fingerprint density at radius 2 is 2.43 bits per heavy atom. The van der Waals surface area contributed by atoms with Gasteiger partial charge in [-0.3, -0.25) is 4.98 Å². The monoisotopic (exact) mass is 190 g/mol. The number of aliphatic hydroxyl groups excluding tert-OH is 1. The highest BCUT2D eigenvalue weighted by Crippen LogP contribution is 2.22. The summed E-state index contributed by atoms with van der Waals surface area (Å²) in [6.45, 7) is 0.918. The molecule has 0 spiro atoms. The van der Waals surface area contributed by atoms with Crippen molar-refractivity contribution in [1.82, 2.24) is 9.88 Å². The van der Waals surface area contributed by atoms with Gasteiger partial charge < -0.3 is 10.0 Å². The molecule has 1 N–H and O–H groups in total. The number of aliphatic hydroxyl groups is 1. The zero-order valence-electron chi connectivity index (χ0n) is 8.27. The summed E-state index contributed by atoms with van der Waals surface area (Å²) in [4.78, 5) is 5.93. The minimum absolute atomic E-state index is 0.439. The zero-order chi connectivity index (χ0) is 9.97. The normalized spacial score (nSPS) is 16.5. The van der Waals surface area contributed by atoms with Gasteiger partial charge in [0.2, 0.25) is 0 Å². The Hall–Kier alpha value is -1.51. The fourth-order valence-corrected chi connectivity index (χ4v) is 1.71. The first-order valence-electron chi connectivity index (χ1n) is 4.78. The summed E-state index contributed by atoms with van der Waals surface area (Å²) in [5.41, 5.74) is 2.27. The molecule has 0 aliphatic carbocycles. The Morgan fingerprint density at radius 3 is 3.00 bits per heavy atom. The molecule has 0 unspecified atom stereocenters. The highest BCUT2D eigenvalue weighted by molar-refractivity contribution is 5.22. The number of rotatable bonds is 2. The Morgan fingerprint density at radius 1 is 1.57 bits per heavy atom. The SMILES string of the molecule is CN1CCC(Cc2cccnc2)=C1O. The zero-order valence-corrected chi connectivity index (χ0v) is 8.27. The van der Waals surface area contributed by atoms with Crippen molar-refractivity contribution in [3.05, 3.63) is 41.5 Å². The van der Waals surface area contributed by atoms with E-state index in [1.165, 1.54) is 0 Å². The van der Waals surface area contributed by atoms with Crippen molar-refractivity contribution in [3.8, 4) is 0 Å². The van der Waals surface area contributed by atoms with E-state index >= 15 is 0 Å². The maximum atomic E-state index is 9.70. The number of hydrogen-bond donors (Lipinski definition) is 1. The molecule has 0 amide bonds. The molecule has 0 saturated heterocycles. The number of pyridine rings is 1. The molecule has 1 aromatic rings. The van der Waals surface area contributed by atoms with E-state index in [1.807, 2.05) is 30.3 Å². The first kappa shape index (κ1) is 9.06. The second kappa shape index (κ2) is 3.70. The molecule has 3 nitrogen and oxygen atoms in total. The largest absolute Gasteiger partial charge is 0.495 e. The summed E-state index contributed by atoms with van der Waals surface area (Å²) in [7, 11) is 1.91. The molecule has 0 fully saturated rings. The van der Waals surface area contributed by atoms with E-state index in [-0.39, 0.29) is 0 Å². The second-order valence-electron chi connectivity index (χ2n) is 3.64. The molecule has 1 aliphatic heterocycles. The predicted octanol–water partition coefficient (Wildman–Crippen LogP) is 1.73. The molecule has 3 heteroatoms. The third-order valence-electron chi connectivity index (χ3n) is 2.57. The van der Waals surface area contributed by atoms with Crippen LogP contribution >= 0.6 is 0 Å². The van der Waals surface area contributed by atoms with E-state index in [4.69, 9.17) is 0 Å². The first-order chi connectivity index (χ1) is 6.77. The van der Waals surface area contributed by atoms with Crippen LogP contribution in [-0.2, 0) is 6.42 Å². The molecule has 14 heavy (non-hydrogen) atoms. The van der Waals surface area contributed by atoms with Gasteiger partial charge >= 0.3 is 0 Å². The minimum Gasteiger partial charge on any atom is -0.495 e. The van der Waals surface area contributed by atoms with Crippen LogP contribution in [0, 0.1) is 0 Å². The van der Waals surface area contributed by atoms with Crippen LogP contribution in [0.25, 0.3) is 0 Å². The molecule has 74 valence electrons. The van der Waals surface area contributed by atoms with E-state index in [0.29, 0.717) is 5.88 Å². The molecular formula is C11H14N2O. The highest BCUT2D eigenvalue weighted by atomic mass is 16.3. The first-order valence-corrected chi connectivity index (χ1v) is 4.78. The Labute approximate surface area is 83.7 Å². The third kappa shape index (κ3) is 1.71. The Bertz CT molecular complexity index is 346. The molecule has 1 aliphatic rings. The van der Waals surface area contributed by atoms with Crippen molar-refractivity contribution in [1.29, 1.82) is 0 Å². The molecule has 0 aromatic carbocycles. The van der Waals surface area contributed by atoms with E-state index in [1.54, 1.807) is 6.20 Å². The van der Waals surface area contributed by atoms with E-state index in [2.05, 4.69) is 4.98 Å². The van der Waals surface area contributed by atoms with Crippen molar-refractivity contribution >= 4 is 0 Å². The summed E-state index contributed by atoms with van der Waals surface area (Å²) >= 11 is 0. The van der Waals surface area contributed by atoms with Crippen molar-refractivity contribution in [3.63, 3.8) is 0 Å². The van der Waals surface area contributed by atoms with Crippen LogP contribution in [0.2, 0.25) is 0 Å². The minimum atomic E-state index is 0.439. The van der Waals surface area contributed by atoms with E-state index in [9.17, 15) is 5.11 Å². The van der Waals surface area contributed by atoms with Crippen LogP contribution < -0.4 is 0 Å². The van der Waals surface area contributed by atoms with Gasteiger partial charge in [0.05, 0.1) is 0 Å². The van der Waals surface area contributed by atoms with Crippen molar-refractivity contribution in [2.24, 2.45) is 0 Å². The fourth-order valence-electron chi connectivity index (χ4n) is 1.71. The third-order valence-corrected chi connectivity index (χ3v) is 2.57. The van der Waals surface area contributed by atoms with Crippen LogP contribution in [0.3, 0.4) is 0 Å². The lowest BCUT2D eigenvalue weighted by Crippen LogP contribution is -2.12. The summed E-state index contributed by atoms with van der Waals surface area (Å²) in [5.74, 6) is 0.439. The molecule has 0 bridgehead atoms. The lowest BCUT2D eigenvalue weighted by atomic mass is 10.1. The van der Waals surface area contributed by atoms with E-state index < -0.39 is 0 Å². The molecular weight excluding hydrogens is 176 g/mol. The van der Waals surface area contributed by atoms with Crippen LogP contribution in [-0.4, -0.2) is 28.6 Å².